The van der Waals surface area contributed by atoms with Crippen molar-refractivity contribution in [3.63, 3.8) is 0 Å². The first-order valence-electron chi connectivity index (χ1n) is 7.67. The minimum Gasteiger partial charge on any atom is -0.497 e. The van der Waals surface area contributed by atoms with E-state index in [0.717, 1.165) is 11.1 Å². The third kappa shape index (κ3) is 3.63. The standard InChI is InChI=1S/C19H18N2O3/c1-23-15-7-3-8-16(13-15)24-12-11-21-19(22)17-9-2-5-14-6-4-10-20-18(14)17/h2-10,13H,11-12H2,1H3,(H,21,22). The summed E-state index contributed by atoms with van der Waals surface area (Å²) < 4.78 is 10.8. The molecule has 0 unspecified atom stereocenters. The zero-order valence-electron chi connectivity index (χ0n) is 13.4. The van der Waals surface area contributed by atoms with Gasteiger partial charge in [0.15, 0.2) is 0 Å². The molecule has 24 heavy (non-hydrogen) atoms. The van der Waals surface area contributed by atoms with Gasteiger partial charge in [-0.25, -0.2) is 0 Å². The van der Waals surface area contributed by atoms with Gasteiger partial charge in [-0.1, -0.05) is 24.3 Å². The predicted octanol–water partition coefficient (Wildman–Crippen LogP) is 3.05. The van der Waals surface area contributed by atoms with Crippen LogP contribution in [-0.2, 0) is 0 Å². The van der Waals surface area contributed by atoms with Crippen molar-refractivity contribution in [2.45, 2.75) is 0 Å². The molecule has 3 rings (SSSR count). The number of amides is 1. The molecule has 0 saturated heterocycles. The topological polar surface area (TPSA) is 60.5 Å². The lowest BCUT2D eigenvalue weighted by Crippen LogP contribution is -2.28. The molecular weight excluding hydrogens is 304 g/mol. The SMILES string of the molecule is COc1cccc(OCCNC(=O)c2cccc3cccnc23)c1. The molecule has 0 saturated carbocycles. The molecule has 0 bridgehead atoms. The average molecular weight is 322 g/mol. The summed E-state index contributed by atoms with van der Waals surface area (Å²) >= 11 is 0. The minimum atomic E-state index is -0.159. The van der Waals surface area contributed by atoms with E-state index in [1.165, 1.54) is 0 Å². The van der Waals surface area contributed by atoms with Gasteiger partial charge in [-0.05, 0) is 24.3 Å². The Morgan fingerprint density at radius 3 is 2.75 bits per heavy atom. The summed E-state index contributed by atoms with van der Waals surface area (Å²) in [5.74, 6) is 1.28. The number of rotatable bonds is 6. The number of benzene rings is 2. The molecule has 0 atom stereocenters. The smallest absolute Gasteiger partial charge is 0.253 e. The molecule has 0 radical (unpaired) electrons. The normalized spacial score (nSPS) is 10.4. The Bertz CT molecular complexity index is 843. The number of carbonyl (C=O) groups excluding carboxylic acids is 1. The third-order valence-corrected chi connectivity index (χ3v) is 3.57. The fraction of sp³-hybridized carbons (Fsp3) is 0.158. The lowest BCUT2D eigenvalue weighted by atomic mass is 10.1. The Kier molecular flexibility index (Phi) is 4.91. The molecule has 1 heterocycles. The number of ether oxygens (including phenoxy) is 2. The summed E-state index contributed by atoms with van der Waals surface area (Å²) in [5.41, 5.74) is 1.26. The first-order valence-corrected chi connectivity index (χ1v) is 7.67. The Balaban J connectivity index is 1.57. The van der Waals surface area contributed by atoms with E-state index in [0.29, 0.717) is 30.0 Å². The van der Waals surface area contributed by atoms with Crippen LogP contribution in [0.2, 0.25) is 0 Å². The maximum Gasteiger partial charge on any atom is 0.253 e. The number of fused-ring (bicyclic) bond motifs is 1. The molecule has 0 spiro atoms. The van der Waals surface area contributed by atoms with Gasteiger partial charge in [0.2, 0.25) is 0 Å². The number of aromatic nitrogens is 1. The molecule has 122 valence electrons. The van der Waals surface area contributed by atoms with Crippen LogP contribution < -0.4 is 14.8 Å². The largest absolute Gasteiger partial charge is 0.497 e. The zero-order valence-corrected chi connectivity index (χ0v) is 13.4. The lowest BCUT2D eigenvalue weighted by molar-refractivity contribution is 0.0948. The molecule has 5 heteroatoms. The maximum atomic E-state index is 12.3. The number of hydrogen-bond donors (Lipinski definition) is 1. The number of nitrogens with zero attached hydrogens (tertiary/aromatic N) is 1. The van der Waals surface area contributed by atoms with Crippen molar-refractivity contribution < 1.29 is 14.3 Å². The van der Waals surface area contributed by atoms with Crippen molar-refractivity contribution in [2.24, 2.45) is 0 Å². The first-order chi connectivity index (χ1) is 11.8. The Morgan fingerprint density at radius 2 is 1.88 bits per heavy atom. The number of pyridine rings is 1. The van der Waals surface area contributed by atoms with E-state index in [4.69, 9.17) is 9.47 Å². The van der Waals surface area contributed by atoms with Gasteiger partial charge in [-0.2, -0.15) is 0 Å². The first kappa shape index (κ1) is 15.8. The number of para-hydroxylation sites is 1. The summed E-state index contributed by atoms with van der Waals surface area (Å²) in [7, 11) is 1.61. The van der Waals surface area contributed by atoms with E-state index >= 15 is 0 Å². The highest BCUT2D eigenvalue weighted by Gasteiger charge is 2.10. The van der Waals surface area contributed by atoms with Gasteiger partial charge >= 0.3 is 0 Å². The average Bonchev–Trinajstić information content (AvgIpc) is 2.64. The second-order valence-electron chi connectivity index (χ2n) is 5.16. The third-order valence-electron chi connectivity index (χ3n) is 3.57. The van der Waals surface area contributed by atoms with Gasteiger partial charge in [0.25, 0.3) is 5.91 Å². The Hall–Kier alpha value is -3.08. The second-order valence-corrected chi connectivity index (χ2v) is 5.16. The number of nitrogens with one attached hydrogen (secondary N) is 1. The van der Waals surface area contributed by atoms with E-state index in [1.807, 2.05) is 42.5 Å². The van der Waals surface area contributed by atoms with E-state index < -0.39 is 0 Å². The summed E-state index contributed by atoms with van der Waals surface area (Å²) in [6, 6.07) is 16.7. The molecule has 1 amide bonds. The highest BCUT2D eigenvalue weighted by atomic mass is 16.5. The van der Waals surface area contributed by atoms with E-state index in [2.05, 4.69) is 10.3 Å². The van der Waals surface area contributed by atoms with Crippen LogP contribution in [0.5, 0.6) is 11.5 Å². The lowest BCUT2D eigenvalue weighted by Gasteiger charge is -2.09. The molecule has 0 fully saturated rings. The van der Waals surface area contributed by atoms with Crippen molar-refractivity contribution in [1.29, 1.82) is 0 Å². The fourth-order valence-electron chi connectivity index (χ4n) is 2.41. The molecule has 1 N–H and O–H groups in total. The van der Waals surface area contributed by atoms with Crippen LogP contribution in [-0.4, -0.2) is 31.2 Å². The summed E-state index contributed by atoms with van der Waals surface area (Å²) in [5, 5.41) is 3.80. The summed E-state index contributed by atoms with van der Waals surface area (Å²) in [4.78, 5) is 16.6. The summed E-state index contributed by atoms with van der Waals surface area (Å²) in [6.07, 6.45) is 1.69. The molecule has 5 nitrogen and oxygen atoms in total. The van der Waals surface area contributed by atoms with Gasteiger partial charge in [0.05, 0.1) is 24.7 Å². The van der Waals surface area contributed by atoms with E-state index in [1.54, 1.807) is 25.4 Å². The highest BCUT2D eigenvalue weighted by Crippen LogP contribution is 2.18. The van der Waals surface area contributed by atoms with Gasteiger partial charge in [0.1, 0.15) is 18.1 Å². The molecule has 0 aliphatic rings. The predicted molar refractivity (Wildman–Crippen MR) is 92.6 cm³/mol. The van der Waals surface area contributed by atoms with Crippen LogP contribution in [0.1, 0.15) is 10.4 Å². The second kappa shape index (κ2) is 7.46. The minimum absolute atomic E-state index is 0.159. The van der Waals surface area contributed by atoms with Crippen LogP contribution in [0, 0.1) is 0 Å². The Labute approximate surface area is 140 Å². The van der Waals surface area contributed by atoms with Gasteiger partial charge in [-0.15, -0.1) is 0 Å². The number of carbonyl (C=O) groups is 1. The fourth-order valence-corrected chi connectivity index (χ4v) is 2.41. The Morgan fingerprint density at radius 1 is 1.08 bits per heavy atom. The quantitative estimate of drug-likeness (QED) is 0.709. The van der Waals surface area contributed by atoms with Gasteiger partial charge in [0, 0.05) is 17.6 Å². The molecule has 3 aromatic rings. The van der Waals surface area contributed by atoms with E-state index in [9.17, 15) is 4.79 Å². The molecule has 1 aromatic heterocycles. The zero-order chi connectivity index (χ0) is 16.8. The van der Waals surface area contributed by atoms with Crippen molar-refractivity contribution in [2.75, 3.05) is 20.3 Å². The van der Waals surface area contributed by atoms with Crippen molar-refractivity contribution >= 4 is 16.8 Å². The van der Waals surface area contributed by atoms with E-state index in [-0.39, 0.29) is 5.91 Å². The van der Waals surface area contributed by atoms with Crippen molar-refractivity contribution in [3.8, 4) is 11.5 Å². The van der Waals surface area contributed by atoms with Gasteiger partial charge < -0.3 is 14.8 Å². The molecule has 0 aliphatic carbocycles. The number of hydrogen-bond acceptors (Lipinski definition) is 4. The highest BCUT2D eigenvalue weighted by molar-refractivity contribution is 6.05. The van der Waals surface area contributed by atoms with Crippen molar-refractivity contribution in [1.82, 2.24) is 10.3 Å². The van der Waals surface area contributed by atoms with Crippen LogP contribution in [0.3, 0.4) is 0 Å². The van der Waals surface area contributed by atoms with Gasteiger partial charge in [-0.3, -0.25) is 9.78 Å². The van der Waals surface area contributed by atoms with Crippen LogP contribution in [0.15, 0.2) is 60.8 Å². The molecular formula is C19H18N2O3. The number of methoxy groups -OCH3 is 1. The van der Waals surface area contributed by atoms with Crippen LogP contribution in [0.25, 0.3) is 10.9 Å². The monoisotopic (exact) mass is 322 g/mol. The molecule has 0 aliphatic heterocycles. The molecule has 2 aromatic carbocycles. The van der Waals surface area contributed by atoms with Crippen molar-refractivity contribution in [3.05, 3.63) is 66.4 Å². The maximum absolute atomic E-state index is 12.3. The summed E-state index contributed by atoms with van der Waals surface area (Å²) in [6.45, 7) is 0.774. The van der Waals surface area contributed by atoms with Crippen LogP contribution in [0.4, 0.5) is 0 Å². The van der Waals surface area contributed by atoms with Crippen LogP contribution >= 0.6 is 0 Å².